The number of nitrogens with zero attached hydrogens (tertiary/aromatic N) is 1. The lowest BCUT2D eigenvalue weighted by atomic mass is 9.89. The molecule has 0 saturated heterocycles. The third kappa shape index (κ3) is 10.5. The number of methoxy groups -OCH3 is 1. The number of hydrogen-bond acceptors (Lipinski definition) is 9. The van der Waals surface area contributed by atoms with Gasteiger partial charge in [0.2, 0.25) is 11.8 Å². The summed E-state index contributed by atoms with van der Waals surface area (Å²) in [6, 6.07) is 8.87. The first-order valence-electron chi connectivity index (χ1n) is 18.3. The normalized spacial score (nSPS) is 22.0. The van der Waals surface area contributed by atoms with Gasteiger partial charge in [-0.05, 0) is 87.8 Å². The van der Waals surface area contributed by atoms with Crippen LogP contribution < -0.4 is 20.1 Å². The molecule has 12 nitrogen and oxygen atoms in total. The average molecular weight is 722 g/mol. The van der Waals surface area contributed by atoms with E-state index in [1.165, 1.54) is 12.0 Å². The number of amides is 3. The van der Waals surface area contributed by atoms with Crippen molar-refractivity contribution in [2.45, 2.75) is 97.8 Å². The van der Waals surface area contributed by atoms with Crippen LogP contribution in [0.5, 0.6) is 11.5 Å². The lowest BCUT2D eigenvalue weighted by Gasteiger charge is -2.31. The summed E-state index contributed by atoms with van der Waals surface area (Å²) in [4.78, 5) is 68.4. The molecule has 2 N–H and O–H groups in total. The van der Waals surface area contributed by atoms with Gasteiger partial charge in [-0.2, -0.15) is 0 Å². The monoisotopic (exact) mass is 721 g/mol. The van der Waals surface area contributed by atoms with Crippen LogP contribution in [0.4, 0.5) is 4.79 Å². The van der Waals surface area contributed by atoms with E-state index in [1.54, 1.807) is 59.0 Å². The quantitative estimate of drug-likeness (QED) is 0.230. The number of fused-ring (bicyclic) bond motifs is 5. The summed E-state index contributed by atoms with van der Waals surface area (Å²) in [6.07, 6.45) is 2.59. The van der Waals surface area contributed by atoms with Crippen LogP contribution in [-0.2, 0) is 35.1 Å². The standard InChI is InChI=1S/C40H55N3O9/c1-9-17-50-34-15-13-27-23-30(34)29-21-26(11-14-33(29)51-18-16-41-39(48)52-40(4,5)6)22-31(38(47)49-8)42-36(45)25(3)20-32(44)35(27)43(7)37(46)28-12-10-24(2)19-28/h11,13-15,21,23-25,28,31,35H,9-10,12,16-20,22H2,1-8H3,(H,41,48)(H,42,45)/t24-,25+,28?,31-,35-/m0/s1. The molecule has 1 saturated carbocycles. The number of likely N-dealkylation sites (N-methyl/N-ethyl adjacent to an activating group) is 1. The van der Waals surface area contributed by atoms with Gasteiger partial charge in [-0.3, -0.25) is 14.4 Å². The van der Waals surface area contributed by atoms with Gasteiger partial charge in [0, 0.05) is 42.9 Å². The molecule has 1 aliphatic carbocycles. The van der Waals surface area contributed by atoms with Gasteiger partial charge in [0.25, 0.3) is 0 Å². The summed E-state index contributed by atoms with van der Waals surface area (Å²) in [5.41, 5.74) is 1.86. The number of rotatable bonds is 10. The van der Waals surface area contributed by atoms with Crippen LogP contribution in [0.15, 0.2) is 36.4 Å². The van der Waals surface area contributed by atoms with Crippen LogP contribution in [0.25, 0.3) is 11.1 Å². The highest BCUT2D eigenvalue weighted by molar-refractivity contribution is 5.95. The molecule has 1 fully saturated rings. The fourth-order valence-electron chi connectivity index (χ4n) is 6.80. The van der Waals surface area contributed by atoms with Gasteiger partial charge in [-0.25, -0.2) is 9.59 Å². The lowest BCUT2D eigenvalue weighted by molar-refractivity contribution is -0.146. The molecule has 1 unspecified atom stereocenters. The molecule has 4 bridgehead atoms. The van der Waals surface area contributed by atoms with Gasteiger partial charge in [0.1, 0.15) is 35.8 Å². The van der Waals surface area contributed by atoms with E-state index in [0.717, 1.165) is 25.7 Å². The second-order valence-corrected chi connectivity index (χ2v) is 15.0. The second kappa shape index (κ2) is 17.7. The highest BCUT2D eigenvalue weighted by Gasteiger charge is 2.37. The molecule has 284 valence electrons. The first-order chi connectivity index (χ1) is 24.6. The number of alkyl carbamates (subject to hydrolysis) is 1. The number of ketones is 1. The Morgan fingerprint density at radius 2 is 1.62 bits per heavy atom. The number of benzene rings is 2. The number of nitrogens with one attached hydrogen (secondary N) is 2. The fraction of sp³-hybridized carbons (Fsp3) is 0.575. The Morgan fingerprint density at radius 3 is 2.25 bits per heavy atom. The Bertz CT molecular complexity index is 1620. The van der Waals surface area contributed by atoms with Crippen molar-refractivity contribution in [2.24, 2.45) is 17.8 Å². The number of carbonyl (C=O) groups excluding carboxylic acids is 5. The van der Waals surface area contributed by atoms with Gasteiger partial charge < -0.3 is 34.5 Å². The molecule has 12 heteroatoms. The minimum Gasteiger partial charge on any atom is -0.493 e. The van der Waals surface area contributed by atoms with Crippen LogP contribution in [0.2, 0.25) is 0 Å². The number of ether oxygens (including phenoxy) is 4. The number of hydrogen-bond donors (Lipinski definition) is 2. The number of esters is 1. The molecule has 0 spiro atoms. The van der Waals surface area contributed by atoms with E-state index in [-0.39, 0.29) is 43.6 Å². The van der Waals surface area contributed by atoms with Crippen molar-refractivity contribution in [3.8, 4) is 22.6 Å². The van der Waals surface area contributed by atoms with Crippen LogP contribution in [-0.4, -0.2) is 80.1 Å². The summed E-state index contributed by atoms with van der Waals surface area (Å²) in [7, 11) is 2.91. The largest absolute Gasteiger partial charge is 0.493 e. The van der Waals surface area contributed by atoms with E-state index in [0.29, 0.717) is 46.3 Å². The molecule has 1 heterocycles. The van der Waals surface area contributed by atoms with Crippen LogP contribution in [0.3, 0.4) is 0 Å². The maximum Gasteiger partial charge on any atom is 0.407 e. The summed E-state index contributed by atoms with van der Waals surface area (Å²) in [5.74, 6) is -1.07. The van der Waals surface area contributed by atoms with E-state index < -0.39 is 41.6 Å². The van der Waals surface area contributed by atoms with E-state index >= 15 is 0 Å². The Labute approximate surface area is 307 Å². The van der Waals surface area contributed by atoms with E-state index in [2.05, 4.69) is 17.6 Å². The second-order valence-electron chi connectivity index (χ2n) is 15.0. The molecule has 2 aromatic carbocycles. The minimum atomic E-state index is -1.03. The molecule has 0 radical (unpaired) electrons. The third-order valence-electron chi connectivity index (χ3n) is 9.42. The molecular weight excluding hydrogens is 666 g/mol. The van der Waals surface area contributed by atoms with Gasteiger partial charge >= 0.3 is 12.1 Å². The van der Waals surface area contributed by atoms with Gasteiger partial charge in [-0.15, -0.1) is 0 Å². The van der Waals surface area contributed by atoms with Crippen LogP contribution in [0, 0.1) is 17.8 Å². The SMILES string of the molecule is CCCOc1ccc2cc1-c1cc(ccc1OCCNC(=O)OC(C)(C)C)C[C@@H](C(=O)OC)NC(=O)[C@H](C)CC(=O)[C@H]2N(C)C(=O)C1CC[C@H](C)C1. The zero-order valence-electron chi connectivity index (χ0n) is 31.8. The van der Waals surface area contributed by atoms with Crippen molar-refractivity contribution in [2.75, 3.05) is 33.9 Å². The molecule has 5 atom stereocenters. The molecule has 0 aromatic heterocycles. The molecular formula is C40H55N3O9. The highest BCUT2D eigenvalue weighted by atomic mass is 16.6. The Kier molecular flexibility index (Phi) is 13.7. The maximum absolute atomic E-state index is 14.3. The van der Waals surface area contributed by atoms with E-state index in [1.807, 2.05) is 19.1 Å². The van der Waals surface area contributed by atoms with Crippen molar-refractivity contribution < 1.29 is 42.9 Å². The minimum absolute atomic E-state index is 0.104. The van der Waals surface area contributed by atoms with Crippen LogP contribution >= 0.6 is 0 Å². The van der Waals surface area contributed by atoms with Crippen LogP contribution in [0.1, 0.15) is 90.8 Å². The molecule has 2 aromatic rings. The fourth-order valence-corrected chi connectivity index (χ4v) is 6.80. The van der Waals surface area contributed by atoms with E-state index in [9.17, 15) is 24.0 Å². The smallest absolute Gasteiger partial charge is 0.407 e. The Balaban J connectivity index is 1.84. The topological polar surface area (TPSA) is 150 Å². The number of Topliss-reactive ketones (excluding diaryl/α,β-unsaturated/α-hetero) is 1. The summed E-state index contributed by atoms with van der Waals surface area (Å²) < 4.78 is 22.9. The molecule has 52 heavy (non-hydrogen) atoms. The van der Waals surface area contributed by atoms with Crippen molar-refractivity contribution >= 4 is 29.7 Å². The summed E-state index contributed by atoms with van der Waals surface area (Å²) >= 11 is 0. The summed E-state index contributed by atoms with van der Waals surface area (Å²) in [5, 5.41) is 5.49. The Morgan fingerprint density at radius 1 is 0.942 bits per heavy atom. The first kappa shape index (κ1) is 40.2. The molecule has 2 aliphatic rings. The molecule has 4 rings (SSSR count). The van der Waals surface area contributed by atoms with Crippen molar-refractivity contribution in [1.29, 1.82) is 0 Å². The Hall–Kier alpha value is -4.61. The molecule has 1 aliphatic heterocycles. The lowest BCUT2D eigenvalue weighted by Crippen LogP contribution is -2.46. The van der Waals surface area contributed by atoms with Crippen molar-refractivity contribution in [3.63, 3.8) is 0 Å². The van der Waals surface area contributed by atoms with Gasteiger partial charge in [-0.1, -0.05) is 32.9 Å². The predicted molar refractivity (Wildman–Crippen MR) is 196 cm³/mol. The van der Waals surface area contributed by atoms with Crippen molar-refractivity contribution in [1.82, 2.24) is 15.5 Å². The zero-order chi connectivity index (χ0) is 38.2. The first-order valence-corrected chi connectivity index (χ1v) is 18.3. The number of carbonyl (C=O) groups is 5. The van der Waals surface area contributed by atoms with Gasteiger partial charge in [0.15, 0.2) is 5.78 Å². The zero-order valence-corrected chi connectivity index (χ0v) is 31.8. The van der Waals surface area contributed by atoms with Crippen molar-refractivity contribution in [3.05, 3.63) is 47.5 Å². The highest BCUT2D eigenvalue weighted by Crippen LogP contribution is 2.41. The summed E-state index contributed by atoms with van der Waals surface area (Å²) in [6.45, 7) is 11.8. The maximum atomic E-state index is 14.3. The molecule has 3 amide bonds. The third-order valence-corrected chi connectivity index (χ3v) is 9.42. The average Bonchev–Trinajstić information content (AvgIpc) is 3.53. The van der Waals surface area contributed by atoms with Gasteiger partial charge in [0.05, 0.1) is 20.3 Å². The predicted octanol–water partition coefficient (Wildman–Crippen LogP) is 5.79. The van der Waals surface area contributed by atoms with E-state index in [4.69, 9.17) is 18.9 Å².